The summed E-state index contributed by atoms with van der Waals surface area (Å²) in [6.07, 6.45) is 1.58. The molecule has 4 aromatic rings. The Labute approximate surface area is 179 Å². The van der Waals surface area contributed by atoms with Crippen LogP contribution >= 0.6 is 0 Å². The lowest BCUT2D eigenvalue weighted by Gasteiger charge is -2.09. The monoisotopic (exact) mass is 415 g/mol. The van der Waals surface area contributed by atoms with Gasteiger partial charge in [0, 0.05) is 6.07 Å². The number of amides is 1. The number of hydrogen-bond donors (Lipinski definition) is 1. The van der Waals surface area contributed by atoms with Gasteiger partial charge < -0.3 is 19.2 Å². The third-order valence-corrected chi connectivity index (χ3v) is 4.42. The summed E-state index contributed by atoms with van der Waals surface area (Å²) >= 11 is 0. The predicted octanol–water partition coefficient (Wildman–Crippen LogP) is 3.98. The molecule has 0 saturated carbocycles. The van der Waals surface area contributed by atoms with E-state index >= 15 is 0 Å². The Morgan fingerprint density at radius 2 is 1.65 bits per heavy atom. The summed E-state index contributed by atoms with van der Waals surface area (Å²) in [5.41, 5.74) is 2.85. The van der Waals surface area contributed by atoms with E-state index in [4.69, 9.17) is 13.9 Å². The molecular weight excluding hydrogens is 394 g/mol. The third-order valence-electron chi connectivity index (χ3n) is 4.42. The second-order valence-electron chi connectivity index (χ2n) is 6.61. The van der Waals surface area contributed by atoms with Crippen molar-refractivity contribution in [1.29, 1.82) is 0 Å². The lowest BCUT2D eigenvalue weighted by atomic mass is 10.1. The first-order valence-corrected chi connectivity index (χ1v) is 9.83. The Bertz CT molecular complexity index is 1080. The molecule has 0 aliphatic carbocycles. The van der Waals surface area contributed by atoms with Crippen molar-refractivity contribution in [3.63, 3.8) is 0 Å². The van der Waals surface area contributed by atoms with Gasteiger partial charge in [-0.05, 0) is 41.5 Å². The molecule has 2 aromatic carbocycles. The smallest absolute Gasteiger partial charge is 0.258 e. The predicted molar refractivity (Wildman–Crippen MR) is 116 cm³/mol. The maximum absolute atomic E-state index is 12.0. The van der Waals surface area contributed by atoms with Gasteiger partial charge in [0.25, 0.3) is 5.91 Å². The van der Waals surface area contributed by atoms with Crippen molar-refractivity contribution >= 4 is 5.91 Å². The minimum absolute atomic E-state index is 0.0671. The Morgan fingerprint density at radius 3 is 2.35 bits per heavy atom. The number of carbonyl (C=O) groups is 1. The van der Waals surface area contributed by atoms with E-state index < -0.39 is 0 Å². The molecule has 4 rings (SSSR count). The van der Waals surface area contributed by atoms with Gasteiger partial charge in [-0.1, -0.05) is 42.5 Å². The number of benzene rings is 2. The van der Waals surface area contributed by atoms with Crippen molar-refractivity contribution in [3.8, 4) is 34.2 Å². The summed E-state index contributed by atoms with van der Waals surface area (Å²) in [7, 11) is 0. The highest BCUT2D eigenvalue weighted by molar-refractivity contribution is 5.77. The first-order chi connectivity index (χ1) is 15.3. The van der Waals surface area contributed by atoms with Crippen LogP contribution in [-0.4, -0.2) is 35.9 Å². The zero-order valence-corrected chi connectivity index (χ0v) is 16.7. The number of nitrogens with one attached hydrogen (secondary N) is 1. The Hall–Kier alpha value is -4.13. The summed E-state index contributed by atoms with van der Waals surface area (Å²) < 4.78 is 16.3. The van der Waals surface area contributed by atoms with Gasteiger partial charge >= 0.3 is 0 Å². The molecule has 156 valence electrons. The van der Waals surface area contributed by atoms with Crippen LogP contribution in [0.15, 0.2) is 89.5 Å². The van der Waals surface area contributed by atoms with Gasteiger partial charge in [-0.2, -0.15) is 0 Å². The van der Waals surface area contributed by atoms with Crippen LogP contribution in [0.25, 0.3) is 22.6 Å². The molecule has 7 heteroatoms. The number of nitrogens with zero attached hydrogens (tertiary/aromatic N) is 2. The molecule has 0 aliphatic rings. The summed E-state index contributed by atoms with van der Waals surface area (Å²) in [5, 5.41) is 10.8. The molecule has 0 radical (unpaired) electrons. The van der Waals surface area contributed by atoms with E-state index in [1.165, 1.54) is 0 Å². The van der Waals surface area contributed by atoms with Crippen molar-refractivity contribution in [2.75, 3.05) is 19.8 Å². The first-order valence-electron chi connectivity index (χ1n) is 9.83. The fourth-order valence-electron chi connectivity index (χ4n) is 2.87. The fourth-order valence-corrected chi connectivity index (χ4v) is 2.87. The van der Waals surface area contributed by atoms with Gasteiger partial charge in [0.1, 0.15) is 18.1 Å². The van der Waals surface area contributed by atoms with E-state index in [9.17, 15) is 4.79 Å². The minimum Gasteiger partial charge on any atom is -0.484 e. The zero-order valence-electron chi connectivity index (χ0n) is 16.7. The minimum atomic E-state index is -0.227. The van der Waals surface area contributed by atoms with Crippen molar-refractivity contribution in [2.45, 2.75) is 0 Å². The second-order valence-corrected chi connectivity index (χ2v) is 6.61. The maximum atomic E-state index is 12.0. The molecule has 0 aliphatic heterocycles. The van der Waals surface area contributed by atoms with Crippen molar-refractivity contribution in [2.24, 2.45) is 0 Å². The number of hydrogen-bond acceptors (Lipinski definition) is 6. The molecule has 0 unspecified atom stereocenters. The van der Waals surface area contributed by atoms with Crippen LogP contribution in [-0.2, 0) is 4.79 Å². The fraction of sp³-hybridized carbons (Fsp3) is 0.125. The molecule has 0 atom stereocenters. The Balaban J connectivity index is 1.15. The molecule has 0 saturated heterocycles. The standard InChI is InChI=1S/C24H21N3O4/c28-23(17-31-20-10-8-19(9-11-20)18-5-2-1-3-6-18)25-14-16-30-24-13-12-21(26-27-24)22-7-4-15-29-22/h1-13,15H,14,16-17H2,(H,25,28). The zero-order chi connectivity index (χ0) is 21.3. The van der Waals surface area contributed by atoms with Crippen molar-refractivity contribution in [1.82, 2.24) is 15.5 Å². The van der Waals surface area contributed by atoms with Gasteiger partial charge in [-0.15, -0.1) is 10.2 Å². The molecule has 1 amide bonds. The third kappa shape index (κ3) is 5.70. The highest BCUT2D eigenvalue weighted by atomic mass is 16.5. The number of rotatable bonds is 9. The second kappa shape index (κ2) is 10.1. The quantitative estimate of drug-likeness (QED) is 0.416. The highest BCUT2D eigenvalue weighted by Gasteiger charge is 2.06. The van der Waals surface area contributed by atoms with Crippen LogP contribution in [0, 0.1) is 0 Å². The van der Waals surface area contributed by atoms with Gasteiger partial charge in [0.2, 0.25) is 5.88 Å². The van der Waals surface area contributed by atoms with Crippen LogP contribution in [0.2, 0.25) is 0 Å². The number of carbonyl (C=O) groups excluding carboxylic acids is 1. The topological polar surface area (TPSA) is 86.5 Å². The van der Waals surface area contributed by atoms with Crippen LogP contribution in [0.3, 0.4) is 0 Å². The molecular formula is C24H21N3O4. The summed E-state index contributed by atoms with van der Waals surface area (Å²) in [6.45, 7) is 0.533. The molecule has 0 fully saturated rings. The molecule has 31 heavy (non-hydrogen) atoms. The SMILES string of the molecule is O=C(COc1ccc(-c2ccccc2)cc1)NCCOc1ccc(-c2ccco2)nn1. The average Bonchev–Trinajstić information content (AvgIpc) is 3.37. The normalized spacial score (nSPS) is 10.5. The van der Waals surface area contributed by atoms with Crippen LogP contribution in [0.5, 0.6) is 11.6 Å². The Morgan fingerprint density at radius 1 is 0.839 bits per heavy atom. The maximum Gasteiger partial charge on any atom is 0.258 e. The van der Waals surface area contributed by atoms with Gasteiger partial charge in [0.05, 0.1) is 12.8 Å². The highest BCUT2D eigenvalue weighted by Crippen LogP contribution is 2.22. The largest absolute Gasteiger partial charge is 0.484 e. The van der Waals surface area contributed by atoms with E-state index in [1.54, 1.807) is 30.5 Å². The molecule has 0 spiro atoms. The van der Waals surface area contributed by atoms with Crippen LogP contribution in [0.1, 0.15) is 0 Å². The van der Waals surface area contributed by atoms with Gasteiger partial charge in [-0.25, -0.2) is 0 Å². The lowest BCUT2D eigenvalue weighted by Crippen LogP contribution is -2.32. The number of ether oxygens (including phenoxy) is 2. The van der Waals surface area contributed by atoms with E-state index in [1.807, 2.05) is 54.6 Å². The molecule has 0 bridgehead atoms. The Kier molecular flexibility index (Phi) is 6.54. The van der Waals surface area contributed by atoms with Gasteiger partial charge in [0.15, 0.2) is 12.4 Å². The number of aromatic nitrogens is 2. The number of furan rings is 1. The van der Waals surface area contributed by atoms with E-state index in [0.29, 0.717) is 29.6 Å². The average molecular weight is 415 g/mol. The molecule has 1 N–H and O–H groups in total. The van der Waals surface area contributed by atoms with Crippen LogP contribution < -0.4 is 14.8 Å². The first kappa shape index (κ1) is 20.2. The summed E-state index contributed by atoms with van der Waals surface area (Å²) in [4.78, 5) is 12.0. The summed E-state index contributed by atoms with van der Waals surface area (Å²) in [6, 6.07) is 24.8. The van der Waals surface area contributed by atoms with E-state index in [2.05, 4.69) is 15.5 Å². The van der Waals surface area contributed by atoms with Crippen molar-refractivity contribution in [3.05, 3.63) is 85.1 Å². The summed E-state index contributed by atoms with van der Waals surface area (Å²) in [5.74, 6) is 1.42. The molecule has 2 heterocycles. The lowest BCUT2D eigenvalue weighted by molar-refractivity contribution is -0.123. The van der Waals surface area contributed by atoms with E-state index in [-0.39, 0.29) is 19.1 Å². The van der Waals surface area contributed by atoms with Gasteiger partial charge in [-0.3, -0.25) is 4.79 Å². The van der Waals surface area contributed by atoms with Crippen LogP contribution in [0.4, 0.5) is 0 Å². The van der Waals surface area contributed by atoms with E-state index in [0.717, 1.165) is 11.1 Å². The van der Waals surface area contributed by atoms with Crippen molar-refractivity contribution < 1.29 is 18.7 Å². The molecule has 2 aromatic heterocycles. The molecule has 7 nitrogen and oxygen atoms in total.